The maximum absolute atomic E-state index is 12.0. The lowest BCUT2D eigenvalue weighted by Crippen LogP contribution is -2.53. The number of aliphatic hydroxyl groups is 1. The Morgan fingerprint density at radius 1 is 1.03 bits per heavy atom. The first-order valence-corrected chi connectivity index (χ1v) is 10.8. The first-order chi connectivity index (χ1) is 14.0. The van der Waals surface area contributed by atoms with E-state index in [2.05, 4.69) is 43.0 Å². The van der Waals surface area contributed by atoms with Gasteiger partial charge in [0.05, 0.1) is 12.7 Å². The summed E-state index contributed by atoms with van der Waals surface area (Å²) in [6, 6.07) is 10.6. The first kappa shape index (κ1) is 39.4. The molecule has 2 fully saturated rings. The summed E-state index contributed by atoms with van der Waals surface area (Å²) < 4.78 is 6.46. The van der Waals surface area contributed by atoms with Gasteiger partial charge in [-0.2, -0.15) is 40.5 Å². The topological polar surface area (TPSA) is 46.5 Å². The van der Waals surface area contributed by atoms with Crippen LogP contribution in [-0.4, -0.2) is 29.2 Å². The van der Waals surface area contributed by atoms with E-state index in [4.69, 9.17) is 4.74 Å². The molecule has 206 valence electrons. The number of allylic oxidation sites excluding steroid dienone is 1. The number of ketones is 1. The average molecular weight is 555 g/mol. The number of ether oxygens (including phenoxy) is 1. The molecule has 1 aromatic carbocycles. The third-order valence-corrected chi connectivity index (χ3v) is 7.90. The van der Waals surface area contributed by atoms with Crippen LogP contribution in [0.15, 0.2) is 53.1 Å². The second kappa shape index (κ2) is 14.7. The van der Waals surface area contributed by atoms with Crippen molar-refractivity contribution in [2.45, 2.75) is 93.3 Å². The highest BCUT2D eigenvalue weighted by molar-refractivity contribution is 7.59. The van der Waals surface area contributed by atoms with Gasteiger partial charge in [-0.25, -0.2) is 0 Å². The molecule has 2 saturated carbocycles. The minimum absolute atomic E-state index is 0. The highest BCUT2D eigenvalue weighted by atomic mass is 32.1. The number of fused-ring (bicyclic) bond motifs is 4. The minimum Gasteiger partial charge on any atom is -0.377 e. The van der Waals surface area contributed by atoms with Crippen LogP contribution in [0.25, 0.3) is 0 Å². The predicted molar refractivity (Wildman–Crippen MR) is 170 cm³/mol. The zero-order valence-electron chi connectivity index (χ0n) is 18.7. The van der Waals surface area contributed by atoms with Crippen molar-refractivity contribution >= 4 is 46.3 Å². The van der Waals surface area contributed by atoms with Crippen molar-refractivity contribution in [2.24, 2.45) is 11.3 Å². The molecule has 0 saturated heterocycles. The summed E-state index contributed by atoms with van der Waals surface area (Å²) >= 11 is 0. The second-order valence-corrected chi connectivity index (χ2v) is 9.27. The van der Waals surface area contributed by atoms with Crippen LogP contribution < -0.4 is 0 Å². The van der Waals surface area contributed by atoms with Crippen molar-refractivity contribution in [3.8, 4) is 11.8 Å². The molecule has 1 heterocycles. The van der Waals surface area contributed by atoms with Crippen LogP contribution in [0.1, 0.15) is 87.1 Å². The Bertz CT molecular complexity index is 992. The third kappa shape index (κ3) is 5.97. The van der Waals surface area contributed by atoms with Crippen molar-refractivity contribution in [2.75, 3.05) is 6.61 Å². The molecule has 0 spiro atoms. The van der Waals surface area contributed by atoms with Gasteiger partial charge in [-0.05, 0) is 66.9 Å². The lowest BCUT2D eigenvalue weighted by molar-refractivity contribution is -0.115. The molecule has 0 bridgehead atoms. The molecule has 4 aliphatic rings. The van der Waals surface area contributed by atoms with Crippen LogP contribution in [0.3, 0.4) is 0 Å². The maximum atomic E-state index is 12.0. The molecule has 3 aliphatic carbocycles. The molecule has 6 heteroatoms. The Labute approximate surface area is 241 Å². The van der Waals surface area contributed by atoms with Crippen LogP contribution in [0.5, 0.6) is 0 Å². The normalized spacial score (nSPS) is 30.9. The highest BCUT2D eigenvalue weighted by Crippen LogP contribution is 2.64. The van der Waals surface area contributed by atoms with Crippen LogP contribution in [0.4, 0.5) is 0 Å². The zero-order valence-corrected chi connectivity index (χ0v) is 21.7. The van der Waals surface area contributed by atoms with E-state index in [1.165, 1.54) is 16.7 Å². The van der Waals surface area contributed by atoms with Crippen LogP contribution in [0.2, 0.25) is 0 Å². The van der Waals surface area contributed by atoms with Crippen molar-refractivity contribution in [3.63, 3.8) is 0 Å². The fourth-order valence-electron chi connectivity index (χ4n) is 6.41. The van der Waals surface area contributed by atoms with Gasteiger partial charge in [0.15, 0.2) is 5.78 Å². The molecule has 3 nitrogen and oxygen atoms in total. The average Bonchev–Trinajstić information content (AvgIpc) is 2.98. The largest absolute Gasteiger partial charge is 0.377 e. The lowest BCUT2D eigenvalue weighted by Gasteiger charge is -2.53. The minimum atomic E-state index is -0.975. The lowest BCUT2D eigenvalue weighted by atomic mass is 9.55. The van der Waals surface area contributed by atoms with E-state index < -0.39 is 5.60 Å². The molecular formula is C30H50O3S3. The number of carbonyl (C=O) groups excluding carboxylic acids is 1. The van der Waals surface area contributed by atoms with Crippen LogP contribution in [-0.2, 0) is 9.53 Å². The molecule has 5 atom stereocenters. The van der Waals surface area contributed by atoms with E-state index in [-0.39, 0.29) is 99.3 Å². The van der Waals surface area contributed by atoms with Gasteiger partial charge in [0.1, 0.15) is 5.60 Å². The molecule has 1 aliphatic heterocycles. The van der Waals surface area contributed by atoms with Gasteiger partial charge < -0.3 is 9.84 Å². The SMILES string of the molecule is C.C.C.C.CC#C[C@]1(O)CC[C@H]2[C@@H]3OCC4=CC(=O)CCC4=C3C(c3ccccc3)C[C@@]21C.S.S.S. The molecule has 0 radical (unpaired) electrons. The molecule has 36 heavy (non-hydrogen) atoms. The maximum Gasteiger partial charge on any atom is 0.156 e. The van der Waals surface area contributed by atoms with E-state index in [0.717, 1.165) is 24.8 Å². The molecule has 1 N–H and O–H groups in total. The van der Waals surface area contributed by atoms with Crippen LogP contribution >= 0.6 is 40.5 Å². The highest BCUT2D eigenvalue weighted by Gasteiger charge is 2.63. The van der Waals surface area contributed by atoms with Crippen LogP contribution in [0, 0.1) is 23.2 Å². The number of hydrogen-bond acceptors (Lipinski definition) is 3. The molecule has 0 amide bonds. The molecular weight excluding hydrogens is 505 g/mol. The number of carbonyl (C=O) groups is 1. The summed E-state index contributed by atoms with van der Waals surface area (Å²) in [6.07, 6.45) is 5.66. The van der Waals surface area contributed by atoms with Crippen molar-refractivity contribution < 1.29 is 14.6 Å². The Morgan fingerprint density at radius 2 is 1.67 bits per heavy atom. The number of hydrogen-bond donors (Lipinski definition) is 1. The van der Waals surface area contributed by atoms with E-state index in [9.17, 15) is 9.90 Å². The smallest absolute Gasteiger partial charge is 0.156 e. The Morgan fingerprint density at radius 3 is 2.28 bits per heavy atom. The van der Waals surface area contributed by atoms with E-state index in [1.807, 2.05) is 13.0 Å². The Balaban J connectivity index is -0.00000156. The molecule has 0 aromatic heterocycles. The quantitative estimate of drug-likeness (QED) is 0.373. The Hall–Kier alpha value is -1.10. The van der Waals surface area contributed by atoms with Gasteiger partial charge in [-0.3, -0.25) is 4.79 Å². The summed E-state index contributed by atoms with van der Waals surface area (Å²) in [4.78, 5) is 12.0. The van der Waals surface area contributed by atoms with Crippen molar-refractivity contribution in [1.29, 1.82) is 0 Å². The van der Waals surface area contributed by atoms with Crippen molar-refractivity contribution in [1.82, 2.24) is 0 Å². The van der Waals surface area contributed by atoms with Crippen molar-refractivity contribution in [3.05, 3.63) is 58.7 Å². The summed E-state index contributed by atoms with van der Waals surface area (Å²) in [7, 11) is 0. The molecule has 1 aromatic rings. The fraction of sp³-hybridized carbons (Fsp3) is 0.567. The standard InChI is InChI=1S/C26H28O3.4CH4.3H2S/c1-3-12-26(28)13-11-22-24-23(20-10-9-19(27)14-18(20)16-29-24)21(15-25(22,26)2)17-7-5-4-6-8-17;;;;;;;/h4-8,14,21-22,24,28H,9-11,13,15-16H2,1-2H3;4*1H4;3*1H2/t21?,22-,24-,25-,26-;;;;;;;/m0......./s1. The van der Waals surface area contributed by atoms with Gasteiger partial charge in [-0.1, -0.05) is 72.9 Å². The number of benzene rings is 1. The monoisotopic (exact) mass is 554 g/mol. The fourth-order valence-corrected chi connectivity index (χ4v) is 6.41. The van der Waals surface area contributed by atoms with Gasteiger partial charge in [0, 0.05) is 17.8 Å². The van der Waals surface area contributed by atoms with Gasteiger partial charge >= 0.3 is 0 Å². The second-order valence-electron chi connectivity index (χ2n) is 9.27. The summed E-state index contributed by atoms with van der Waals surface area (Å²) in [5, 5.41) is 11.6. The third-order valence-electron chi connectivity index (χ3n) is 7.90. The number of rotatable bonds is 1. The summed E-state index contributed by atoms with van der Waals surface area (Å²) in [6.45, 7) is 4.53. The Kier molecular flexibility index (Phi) is 16.1. The molecule has 5 rings (SSSR count). The molecule has 1 unspecified atom stereocenters. The summed E-state index contributed by atoms with van der Waals surface area (Å²) in [5.41, 5.74) is 3.74. The zero-order chi connectivity index (χ0) is 20.2. The van der Waals surface area contributed by atoms with Gasteiger partial charge in [-0.15, -0.1) is 5.92 Å². The van der Waals surface area contributed by atoms with E-state index in [1.54, 1.807) is 6.08 Å². The summed E-state index contributed by atoms with van der Waals surface area (Å²) in [5.74, 6) is 6.78. The first-order valence-electron chi connectivity index (χ1n) is 10.8. The van der Waals surface area contributed by atoms with E-state index >= 15 is 0 Å². The van der Waals surface area contributed by atoms with Gasteiger partial charge in [0.25, 0.3) is 0 Å². The van der Waals surface area contributed by atoms with E-state index in [0.29, 0.717) is 19.4 Å². The van der Waals surface area contributed by atoms with Gasteiger partial charge in [0.2, 0.25) is 0 Å². The predicted octanol–water partition coefficient (Wildman–Crippen LogP) is 7.21.